The Hall–Kier alpha value is -0.810. The molecule has 0 spiro atoms. The first-order valence-electron chi connectivity index (χ1n) is 4.46. The zero-order valence-electron chi connectivity index (χ0n) is 8.40. The standard InChI is InChI=1S/C10H14ClNO3/c1-15-5-6-2-10(14)7(3-8(6)11)9(12)4-13/h2-3,9,13-14H,4-5,12H2,1H3. The van der Waals surface area contributed by atoms with E-state index >= 15 is 0 Å². The molecule has 0 aliphatic rings. The highest BCUT2D eigenvalue weighted by Crippen LogP contribution is 2.29. The molecule has 0 aliphatic heterocycles. The molecule has 0 aliphatic carbocycles. The number of rotatable bonds is 4. The molecule has 1 aromatic carbocycles. The van der Waals surface area contributed by atoms with Crippen LogP contribution >= 0.6 is 11.6 Å². The Balaban J connectivity index is 3.07. The van der Waals surface area contributed by atoms with Gasteiger partial charge in [0.25, 0.3) is 0 Å². The van der Waals surface area contributed by atoms with E-state index < -0.39 is 6.04 Å². The van der Waals surface area contributed by atoms with E-state index in [1.165, 1.54) is 6.07 Å². The van der Waals surface area contributed by atoms with Gasteiger partial charge < -0.3 is 20.7 Å². The maximum Gasteiger partial charge on any atom is 0.120 e. The average molecular weight is 232 g/mol. The highest BCUT2D eigenvalue weighted by molar-refractivity contribution is 6.31. The summed E-state index contributed by atoms with van der Waals surface area (Å²) in [5, 5.41) is 19.0. The molecule has 1 aromatic rings. The van der Waals surface area contributed by atoms with Crippen LogP contribution in [-0.2, 0) is 11.3 Å². The lowest BCUT2D eigenvalue weighted by Gasteiger charge is -2.13. The van der Waals surface area contributed by atoms with Gasteiger partial charge in [-0.3, -0.25) is 0 Å². The number of phenols is 1. The number of aromatic hydroxyl groups is 1. The fourth-order valence-corrected chi connectivity index (χ4v) is 1.51. The first-order valence-corrected chi connectivity index (χ1v) is 4.84. The van der Waals surface area contributed by atoms with E-state index in [9.17, 15) is 5.11 Å². The van der Waals surface area contributed by atoms with Gasteiger partial charge in [0.05, 0.1) is 19.3 Å². The highest BCUT2D eigenvalue weighted by Gasteiger charge is 2.13. The molecule has 0 amide bonds. The van der Waals surface area contributed by atoms with Crippen LogP contribution in [0.2, 0.25) is 5.02 Å². The summed E-state index contributed by atoms with van der Waals surface area (Å²) in [6.07, 6.45) is 0. The van der Waals surface area contributed by atoms with E-state index in [1.807, 2.05) is 0 Å². The highest BCUT2D eigenvalue weighted by atomic mass is 35.5. The number of ether oxygens (including phenoxy) is 1. The van der Waals surface area contributed by atoms with Crippen molar-refractivity contribution in [2.75, 3.05) is 13.7 Å². The second-order valence-corrected chi connectivity index (χ2v) is 3.63. The van der Waals surface area contributed by atoms with Crippen LogP contribution in [-0.4, -0.2) is 23.9 Å². The Morgan fingerprint density at radius 1 is 1.53 bits per heavy atom. The molecule has 0 saturated heterocycles. The first kappa shape index (κ1) is 12.3. The Labute approximate surface area is 93.2 Å². The van der Waals surface area contributed by atoms with Gasteiger partial charge >= 0.3 is 0 Å². The van der Waals surface area contributed by atoms with Crippen molar-refractivity contribution in [2.24, 2.45) is 5.73 Å². The van der Waals surface area contributed by atoms with E-state index in [0.29, 0.717) is 22.8 Å². The Morgan fingerprint density at radius 3 is 2.73 bits per heavy atom. The third-order valence-corrected chi connectivity index (χ3v) is 2.44. The van der Waals surface area contributed by atoms with Crippen LogP contribution in [0.25, 0.3) is 0 Å². The van der Waals surface area contributed by atoms with Crippen molar-refractivity contribution in [2.45, 2.75) is 12.6 Å². The van der Waals surface area contributed by atoms with Crippen molar-refractivity contribution in [3.8, 4) is 5.75 Å². The number of nitrogens with two attached hydrogens (primary N) is 1. The van der Waals surface area contributed by atoms with Gasteiger partial charge in [-0.25, -0.2) is 0 Å². The van der Waals surface area contributed by atoms with Crippen LogP contribution in [0.15, 0.2) is 12.1 Å². The molecule has 0 fully saturated rings. The van der Waals surface area contributed by atoms with E-state index in [1.54, 1.807) is 13.2 Å². The molecule has 1 atom stereocenters. The molecule has 84 valence electrons. The van der Waals surface area contributed by atoms with Gasteiger partial charge in [0, 0.05) is 17.7 Å². The van der Waals surface area contributed by atoms with Gasteiger partial charge in [-0.2, -0.15) is 0 Å². The summed E-state index contributed by atoms with van der Waals surface area (Å²) in [6, 6.07) is 2.42. The molecule has 1 unspecified atom stereocenters. The third-order valence-electron chi connectivity index (χ3n) is 2.09. The van der Waals surface area contributed by atoms with Crippen molar-refractivity contribution in [3.05, 3.63) is 28.3 Å². The minimum absolute atomic E-state index is 0.0213. The number of methoxy groups -OCH3 is 1. The van der Waals surface area contributed by atoms with Crippen LogP contribution in [0, 0.1) is 0 Å². The molecular formula is C10H14ClNO3. The van der Waals surface area contributed by atoms with Crippen LogP contribution in [0.3, 0.4) is 0 Å². The Kier molecular flexibility index (Phi) is 4.35. The molecule has 1 rings (SSSR count). The summed E-state index contributed by atoms with van der Waals surface area (Å²) in [5.74, 6) is 0.0213. The quantitative estimate of drug-likeness (QED) is 0.728. The molecule has 0 saturated carbocycles. The zero-order valence-corrected chi connectivity index (χ0v) is 9.16. The smallest absolute Gasteiger partial charge is 0.120 e. The summed E-state index contributed by atoms with van der Waals surface area (Å²) in [5.41, 5.74) is 6.71. The lowest BCUT2D eigenvalue weighted by molar-refractivity contribution is 0.184. The van der Waals surface area contributed by atoms with Gasteiger partial charge in [0.15, 0.2) is 0 Å². The third kappa shape index (κ3) is 2.82. The molecule has 0 heterocycles. The van der Waals surface area contributed by atoms with Gasteiger partial charge in [0.1, 0.15) is 5.75 Å². The second kappa shape index (κ2) is 5.32. The van der Waals surface area contributed by atoms with Crippen molar-refractivity contribution < 1.29 is 14.9 Å². The second-order valence-electron chi connectivity index (χ2n) is 3.22. The van der Waals surface area contributed by atoms with Gasteiger partial charge in [-0.15, -0.1) is 0 Å². The van der Waals surface area contributed by atoms with E-state index in [2.05, 4.69) is 0 Å². The topological polar surface area (TPSA) is 75.7 Å². The van der Waals surface area contributed by atoms with Gasteiger partial charge in [-0.1, -0.05) is 11.6 Å². The number of aliphatic hydroxyl groups excluding tert-OH is 1. The van der Waals surface area contributed by atoms with Crippen molar-refractivity contribution in [1.82, 2.24) is 0 Å². The maximum absolute atomic E-state index is 9.64. The monoisotopic (exact) mass is 231 g/mol. The molecular weight excluding hydrogens is 218 g/mol. The summed E-state index contributed by atoms with van der Waals surface area (Å²) in [4.78, 5) is 0. The van der Waals surface area contributed by atoms with Crippen LogP contribution in [0.5, 0.6) is 5.75 Å². The number of hydrogen-bond acceptors (Lipinski definition) is 4. The number of hydrogen-bond donors (Lipinski definition) is 3. The fraction of sp³-hybridized carbons (Fsp3) is 0.400. The number of phenolic OH excluding ortho intramolecular Hbond substituents is 1. The molecule has 5 heteroatoms. The minimum atomic E-state index is -0.626. The van der Waals surface area contributed by atoms with E-state index in [4.69, 9.17) is 27.2 Å². The summed E-state index contributed by atoms with van der Waals surface area (Å²) in [6.45, 7) is 0.0779. The largest absolute Gasteiger partial charge is 0.508 e. The summed E-state index contributed by atoms with van der Waals surface area (Å²) in [7, 11) is 1.54. The van der Waals surface area contributed by atoms with Crippen LogP contribution in [0.1, 0.15) is 17.2 Å². The van der Waals surface area contributed by atoms with Crippen molar-refractivity contribution >= 4 is 11.6 Å². The summed E-state index contributed by atoms with van der Waals surface area (Å²) < 4.78 is 4.91. The average Bonchev–Trinajstić information content (AvgIpc) is 2.22. The normalized spacial score (nSPS) is 12.8. The van der Waals surface area contributed by atoms with Crippen LogP contribution < -0.4 is 5.73 Å². The zero-order chi connectivity index (χ0) is 11.4. The molecule has 4 N–H and O–H groups in total. The van der Waals surface area contributed by atoms with Gasteiger partial charge in [-0.05, 0) is 17.7 Å². The minimum Gasteiger partial charge on any atom is -0.508 e. The number of aliphatic hydroxyl groups is 1. The van der Waals surface area contributed by atoms with Crippen molar-refractivity contribution in [3.63, 3.8) is 0 Å². The molecule has 0 bridgehead atoms. The summed E-state index contributed by atoms with van der Waals surface area (Å²) >= 11 is 5.95. The molecule has 4 nitrogen and oxygen atoms in total. The van der Waals surface area contributed by atoms with E-state index in [0.717, 1.165) is 0 Å². The molecule has 0 aromatic heterocycles. The number of benzene rings is 1. The lowest BCUT2D eigenvalue weighted by atomic mass is 10.0. The lowest BCUT2D eigenvalue weighted by Crippen LogP contribution is -2.14. The molecule has 0 radical (unpaired) electrons. The first-order chi connectivity index (χ1) is 7.10. The predicted octanol–water partition coefficient (Wildman–Crippen LogP) is 1.18. The SMILES string of the molecule is COCc1cc(O)c(C(N)CO)cc1Cl. The maximum atomic E-state index is 9.64. The predicted molar refractivity (Wildman–Crippen MR) is 57.8 cm³/mol. The fourth-order valence-electron chi connectivity index (χ4n) is 1.28. The molecule has 15 heavy (non-hydrogen) atoms. The van der Waals surface area contributed by atoms with Gasteiger partial charge in [0.2, 0.25) is 0 Å². The Bertz CT molecular complexity index is 344. The Morgan fingerprint density at radius 2 is 2.20 bits per heavy atom. The van der Waals surface area contributed by atoms with Crippen LogP contribution in [0.4, 0.5) is 0 Å². The van der Waals surface area contributed by atoms with E-state index in [-0.39, 0.29) is 12.4 Å². The van der Waals surface area contributed by atoms with Crippen molar-refractivity contribution in [1.29, 1.82) is 0 Å². The number of halogens is 1.